The van der Waals surface area contributed by atoms with Crippen LogP contribution in [0.2, 0.25) is 0 Å². The van der Waals surface area contributed by atoms with E-state index in [0.717, 1.165) is 4.90 Å². The Morgan fingerprint density at radius 1 is 0.704 bits per heavy atom. The van der Waals surface area contributed by atoms with Crippen molar-refractivity contribution in [2.75, 3.05) is 14.1 Å². The van der Waals surface area contributed by atoms with E-state index >= 15 is 0 Å². The topological polar surface area (TPSA) is 38.6 Å². The summed E-state index contributed by atoms with van der Waals surface area (Å²) in [7, 11) is -7.01. The summed E-state index contributed by atoms with van der Waals surface area (Å²) in [5, 5.41) is 0. The van der Waals surface area contributed by atoms with Gasteiger partial charge in [0.25, 0.3) is 0 Å². The van der Waals surface area contributed by atoms with Gasteiger partial charge in [0, 0.05) is 11.1 Å². The molecule has 10 heteroatoms. The number of halogens is 6. The van der Waals surface area contributed by atoms with Crippen LogP contribution < -0.4 is 4.90 Å². The Morgan fingerprint density at radius 2 is 0.963 bits per heavy atom. The minimum absolute atomic E-state index is 0.139. The van der Waals surface area contributed by atoms with E-state index in [0.29, 0.717) is 11.1 Å². The maximum absolute atomic E-state index is 12.6. The van der Waals surface area contributed by atoms with E-state index in [1.54, 1.807) is 24.3 Å². The number of hydrogen-bond acceptors (Lipinski definition) is 2. The van der Waals surface area contributed by atoms with Gasteiger partial charge in [0.15, 0.2) is 0 Å². The molecule has 2 aromatic carbocycles. The number of ketones is 2. The van der Waals surface area contributed by atoms with Crippen molar-refractivity contribution in [3.8, 4) is 0 Å². The summed E-state index contributed by atoms with van der Waals surface area (Å²) >= 11 is 0. The zero-order valence-electron chi connectivity index (χ0n) is 14.4. The Morgan fingerprint density at radius 3 is 1.19 bits per heavy atom. The van der Waals surface area contributed by atoms with Crippen LogP contribution in [0.5, 0.6) is 0 Å². The molecule has 2 aromatic rings. The minimum atomic E-state index is -10.7. The van der Waals surface area contributed by atoms with Crippen molar-refractivity contribution >= 4 is 19.4 Å². The van der Waals surface area contributed by atoms with Gasteiger partial charge in [0.1, 0.15) is 0 Å². The van der Waals surface area contributed by atoms with Gasteiger partial charge in [-0.05, 0) is 0 Å². The number of quaternary nitrogens is 1. The number of rotatable bonds is 5. The van der Waals surface area contributed by atoms with Crippen LogP contribution in [0, 0.1) is 0 Å². The normalized spacial score (nSPS) is 14.0. The third-order valence-electron chi connectivity index (χ3n) is 3.22. The Bertz CT molecular complexity index is 730. The number of likely N-dealkylation sites (N-methyl/N-ethyl adjacent to an activating group) is 1. The number of nitrogens with one attached hydrogen (secondary N) is 1. The summed E-state index contributed by atoms with van der Waals surface area (Å²) in [6.45, 7) is 0. The van der Waals surface area contributed by atoms with E-state index in [1.165, 1.54) is 0 Å². The molecule has 1 N–H and O–H groups in total. The summed E-state index contributed by atoms with van der Waals surface area (Å²) < 4.78 is 59.2. The fourth-order valence-electron chi connectivity index (χ4n) is 2.18. The second-order valence-electron chi connectivity index (χ2n) is 5.93. The van der Waals surface area contributed by atoms with E-state index in [4.69, 9.17) is 0 Å². The molecule has 0 unspecified atom stereocenters. The number of carbonyl (C=O) groups is 2. The molecule has 0 heterocycles. The van der Waals surface area contributed by atoms with Gasteiger partial charge >= 0.3 is 33.0 Å². The number of benzene rings is 2. The molecule has 0 saturated carbocycles. The van der Waals surface area contributed by atoms with Crippen LogP contribution in [-0.2, 0) is 0 Å². The van der Waals surface area contributed by atoms with Crippen molar-refractivity contribution in [2.45, 2.75) is 6.04 Å². The first-order valence-electron chi connectivity index (χ1n) is 7.61. The summed E-state index contributed by atoms with van der Waals surface area (Å²) in [5.74, 6) is -0.279. The van der Waals surface area contributed by atoms with E-state index in [9.17, 15) is 34.8 Å². The third-order valence-corrected chi connectivity index (χ3v) is 3.22. The van der Waals surface area contributed by atoms with Crippen LogP contribution in [0.4, 0.5) is 25.2 Å². The van der Waals surface area contributed by atoms with Gasteiger partial charge in [-0.3, -0.25) is 9.59 Å². The van der Waals surface area contributed by atoms with Crippen LogP contribution in [-0.4, -0.2) is 31.7 Å². The van der Waals surface area contributed by atoms with Crippen LogP contribution in [0.1, 0.15) is 20.7 Å². The van der Waals surface area contributed by atoms with Gasteiger partial charge in [-0.25, -0.2) is 0 Å². The molecule has 0 atom stereocenters. The van der Waals surface area contributed by atoms with Gasteiger partial charge in [-0.1, -0.05) is 60.7 Å². The number of Topliss-reactive ketones (excluding diaryl/α,β-unsaturated/α-hetero) is 2. The molecule has 3 nitrogen and oxygen atoms in total. The van der Waals surface area contributed by atoms with Crippen LogP contribution >= 0.6 is 7.81 Å². The summed E-state index contributed by atoms with van der Waals surface area (Å²) in [5.41, 5.74) is 1.14. The molecule has 150 valence electrons. The molecule has 2 rings (SSSR count). The molecule has 27 heavy (non-hydrogen) atoms. The molecule has 0 fully saturated rings. The molecule has 0 bridgehead atoms. The fourth-order valence-corrected chi connectivity index (χ4v) is 2.18. The van der Waals surface area contributed by atoms with E-state index in [1.807, 2.05) is 50.5 Å². The molecule has 0 aliphatic heterocycles. The first-order chi connectivity index (χ1) is 12.1. The van der Waals surface area contributed by atoms with Gasteiger partial charge < -0.3 is 4.90 Å². The second-order valence-corrected chi connectivity index (χ2v) is 7.85. The summed E-state index contributed by atoms with van der Waals surface area (Å²) in [4.78, 5) is 25.9. The Kier molecular flexibility index (Phi) is 6.25. The van der Waals surface area contributed by atoms with E-state index in [2.05, 4.69) is 0 Å². The molecule has 0 aliphatic rings. The molecular formula is C17H18F6NO2P. The summed E-state index contributed by atoms with van der Waals surface area (Å²) in [6, 6.07) is 17.2. The Labute approximate surface area is 151 Å². The quantitative estimate of drug-likeness (QED) is 0.336. The first kappa shape index (κ1) is 22.8. The van der Waals surface area contributed by atoms with Crippen molar-refractivity contribution in [3.05, 3.63) is 71.8 Å². The van der Waals surface area contributed by atoms with Crippen molar-refractivity contribution in [1.82, 2.24) is 0 Å². The fraction of sp³-hybridized carbons (Fsp3) is 0.176. The van der Waals surface area contributed by atoms with Crippen LogP contribution in [0.25, 0.3) is 0 Å². The van der Waals surface area contributed by atoms with E-state index < -0.39 is 13.9 Å². The molecule has 0 radical (unpaired) electrons. The molecule has 0 aromatic heterocycles. The van der Waals surface area contributed by atoms with Crippen molar-refractivity contribution in [1.29, 1.82) is 0 Å². The Hall–Kier alpha value is -2.25. The van der Waals surface area contributed by atoms with Gasteiger partial charge in [0.2, 0.25) is 17.6 Å². The number of hydrogen-bond donors (Lipinski definition) is 1. The molecule has 0 aliphatic carbocycles. The zero-order valence-corrected chi connectivity index (χ0v) is 15.3. The van der Waals surface area contributed by atoms with Crippen molar-refractivity contribution in [3.63, 3.8) is 0 Å². The van der Waals surface area contributed by atoms with Crippen LogP contribution in [0.3, 0.4) is 0 Å². The predicted octanol–water partition coefficient (Wildman–Crippen LogP) is 4.65. The monoisotopic (exact) mass is 413 g/mol. The Balaban J connectivity index is 0.000000445. The van der Waals surface area contributed by atoms with Gasteiger partial charge in [-0.2, -0.15) is 0 Å². The molecule has 0 amide bonds. The number of carbonyl (C=O) groups excluding carboxylic acids is 2. The SMILES string of the molecule is C[NH+](C)C(C(=O)c1ccccc1)C(=O)c1ccccc1.F[P-](F)(F)(F)(F)F. The van der Waals surface area contributed by atoms with Crippen molar-refractivity contribution < 1.29 is 39.7 Å². The molecule has 0 spiro atoms. The first-order valence-corrected chi connectivity index (χ1v) is 9.64. The molecular weight excluding hydrogens is 395 g/mol. The predicted molar refractivity (Wildman–Crippen MR) is 91.7 cm³/mol. The average molecular weight is 413 g/mol. The summed E-state index contributed by atoms with van der Waals surface area (Å²) in [6.07, 6.45) is 0. The average Bonchev–Trinajstić information content (AvgIpc) is 2.53. The maximum atomic E-state index is 12.6. The molecule has 0 saturated heterocycles. The van der Waals surface area contributed by atoms with E-state index in [-0.39, 0.29) is 11.6 Å². The van der Waals surface area contributed by atoms with Crippen LogP contribution in [0.15, 0.2) is 60.7 Å². The second kappa shape index (κ2) is 7.40. The van der Waals surface area contributed by atoms with Crippen molar-refractivity contribution in [2.24, 2.45) is 0 Å². The standard InChI is InChI=1S/C17H17NO2.F6P/c1-18(2)15(16(19)13-9-5-3-6-10-13)17(20)14-11-7-4-8-12-14;1-7(2,3,4,5)6/h3-12,15H,1-2H3;/q;-1/p+1. The van der Waals surface area contributed by atoms with Gasteiger partial charge in [0.05, 0.1) is 14.1 Å². The van der Waals surface area contributed by atoms with Gasteiger partial charge in [-0.15, -0.1) is 0 Å². The zero-order chi connectivity index (χ0) is 20.9. The third kappa shape index (κ3) is 9.86.